The summed E-state index contributed by atoms with van der Waals surface area (Å²) in [6.45, 7) is 5.68. The molecule has 5 heteroatoms. The summed E-state index contributed by atoms with van der Waals surface area (Å²) in [4.78, 5) is 1.24. The van der Waals surface area contributed by atoms with Gasteiger partial charge < -0.3 is 14.6 Å². The Kier molecular flexibility index (Phi) is 6.29. The van der Waals surface area contributed by atoms with Crippen LogP contribution in [0.3, 0.4) is 0 Å². The predicted octanol–water partition coefficient (Wildman–Crippen LogP) is 3.61. The molecule has 1 heterocycles. The van der Waals surface area contributed by atoms with Crippen LogP contribution in [0.4, 0.5) is 0 Å². The van der Waals surface area contributed by atoms with Gasteiger partial charge in [0.15, 0.2) is 5.76 Å². The maximum Gasteiger partial charge on any atom is 0.162 e. The molecule has 0 aliphatic heterocycles. The van der Waals surface area contributed by atoms with E-state index in [2.05, 4.69) is 48.6 Å². The summed E-state index contributed by atoms with van der Waals surface area (Å²) in [6.07, 6.45) is 0. The molecule has 0 radical (unpaired) electrons. The molecule has 2 rings (SSSR count). The summed E-state index contributed by atoms with van der Waals surface area (Å²) in [5.74, 6) is 1.57. The molecular weight excluding hydrogens is 284 g/mol. The number of benzene rings is 1. The summed E-state index contributed by atoms with van der Waals surface area (Å²) < 4.78 is 10.2. The van der Waals surface area contributed by atoms with Gasteiger partial charge in [0.1, 0.15) is 6.61 Å². The lowest BCUT2D eigenvalue weighted by molar-refractivity contribution is 0.156. The molecule has 114 valence electrons. The van der Waals surface area contributed by atoms with E-state index in [0.717, 1.165) is 23.8 Å². The fraction of sp³-hybridized carbons (Fsp3) is 0.438. The van der Waals surface area contributed by atoms with Crippen LogP contribution in [0.5, 0.6) is 0 Å². The molecule has 0 amide bonds. The lowest BCUT2D eigenvalue weighted by atomic mass is 10.2. The number of aromatic nitrogens is 1. The zero-order valence-electron chi connectivity index (χ0n) is 12.8. The van der Waals surface area contributed by atoms with E-state index in [1.807, 2.05) is 6.07 Å². The first-order valence-electron chi connectivity index (χ1n) is 7.06. The van der Waals surface area contributed by atoms with E-state index in [4.69, 9.17) is 9.26 Å². The minimum absolute atomic E-state index is 0.467. The van der Waals surface area contributed by atoms with Crippen LogP contribution >= 0.6 is 11.8 Å². The lowest BCUT2D eigenvalue weighted by Crippen LogP contribution is -2.21. The standard InChI is InChI=1S/C16H22N2O2S/c1-12(2)17-9-13-4-6-16(7-5-13)21-11-14-8-15(10-19-3)20-18-14/h4-8,12,17H,9-11H2,1-3H3. The van der Waals surface area contributed by atoms with Gasteiger partial charge in [-0.2, -0.15) is 0 Å². The molecule has 0 saturated carbocycles. The van der Waals surface area contributed by atoms with E-state index in [-0.39, 0.29) is 0 Å². The van der Waals surface area contributed by atoms with Crippen LogP contribution in [0.25, 0.3) is 0 Å². The Morgan fingerprint density at radius 1 is 1.29 bits per heavy atom. The molecule has 0 unspecified atom stereocenters. The molecule has 1 aromatic heterocycles. The average molecular weight is 306 g/mol. The van der Waals surface area contributed by atoms with Crippen LogP contribution in [0.1, 0.15) is 30.9 Å². The van der Waals surface area contributed by atoms with Gasteiger partial charge in [0.05, 0.1) is 5.69 Å². The van der Waals surface area contributed by atoms with Crippen molar-refractivity contribution in [2.75, 3.05) is 7.11 Å². The van der Waals surface area contributed by atoms with Crippen molar-refractivity contribution in [1.82, 2.24) is 10.5 Å². The Labute approximate surface area is 130 Å². The van der Waals surface area contributed by atoms with E-state index in [1.54, 1.807) is 18.9 Å². The van der Waals surface area contributed by atoms with Crippen molar-refractivity contribution in [2.24, 2.45) is 0 Å². The second-order valence-electron chi connectivity index (χ2n) is 5.19. The molecule has 0 aliphatic carbocycles. The van der Waals surface area contributed by atoms with E-state index in [0.29, 0.717) is 12.6 Å². The molecule has 0 aliphatic rings. The van der Waals surface area contributed by atoms with E-state index in [9.17, 15) is 0 Å². The zero-order chi connectivity index (χ0) is 15.1. The number of thioether (sulfide) groups is 1. The van der Waals surface area contributed by atoms with Crippen molar-refractivity contribution in [2.45, 2.75) is 43.7 Å². The van der Waals surface area contributed by atoms with Gasteiger partial charge in [0, 0.05) is 36.4 Å². The summed E-state index contributed by atoms with van der Waals surface area (Å²) in [5, 5.41) is 7.44. The quantitative estimate of drug-likeness (QED) is 0.755. The zero-order valence-corrected chi connectivity index (χ0v) is 13.6. The monoisotopic (exact) mass is 306 g/mol. The van der Waals surface area contributed by atoms with Gasteiger partial charge in [0.25, 0.3) is 0 Å². The molecule has 0 spiro atoms. The van der Waals surface area contributed by atoms with Crippen LogP contribution in [-0.2, 0) is 23.6 Å². The maximum atomic E-state index is 5.17. The van der Waals surface area contributed by atoms with E-state index in [1.165, 1.54) is 10.5 Å². The number of ether oxygens (including phenoxy) is 1. The second-order valence-corrected chi connectivity index (χ2v) is 6.23. The topological polar surface area (TPSA) is 47.3 Å². The number of methoxy groups -OCH3 is 1. The van der Waals surface area contributed by atoms with Gasteiger partial charge in [-0.1, -0.05) is 31.1 Å². The first-order chi connectivity index (χ1) is 10.2. The Balaban J connectivity index is 1.82. The van der Waals surface area contributed by atoms with E-state index >= 15 is 0 Å². The Hall–Kier alpha value is -1.30. The van der Waals surface area contributed by atoms with Crippen molar-refractivity contribution < 1.29 is 9.26 Å². The second kappa shape index (κ2) is 8.22. The van der Waals surface area contributed by atoms with Gasteiger partial charge in [-0.05, 0) is 17.7 Å². The number of nitrogens with one attached hydrogen (secondary N) is 1. The molecule has 0 bridgehead atoms. The largest absolute Gasteiger partial charge is 0.377 e. The van der Waals surface area contributed by atoms with Crippen molar-refractivity contribution in [3.8, 4) is 0 Å². The number of hydrogen-bond acceptors (Lipinski definition) is 5. The maximum absolute atomic E-state index is 5.17. The third-order valence-electron chi connectivity index (χ3n) is 2.92. The molecule has 2 aromatic rings. The van der Waals surface area contributed by atoms with Crippen LogP contribution in [0.2, 0.25) is 0 Å². The van der Waals surface area contributed by atoms with Crippen molar-refractivity contribution in [3.63, 3.8) is 0 Å². The van der Waals surface area contributed by atoms with Gasteiger partial charge >= 0.3 is 0 Å². The van der Waals surface area contributed by atoms with Crippen molar-refractivity contribution in [1.29, 1.82) is 0 Å². The van der Waals surface area contributed by atoms with Crippen LogP contribution in [-0.4, -0.2) is 18.3 Å². The van der Waals surface area contributed by atoms with Crippen LogP contribution in [0.15, 0.2) is 39.8 Å². The molecule has 21 heavy (non-hydrogen) atoms. The fourth-order valence-electron chi connectivity index (χ4n) is 1.82. The normalized spacial score (nSPS) is 11.2. The first-order valence-corrected chi connectivity index (χ1v) is 8.04. The molecule has 4 nitrogen and oxygen atoms in total. The molecule has 0 atom stereocenters. The minimum Gasteiger partial charge on any atom is -0.377 e. The van der Waals surface area contributed by atoms with Crippen LogP contribution < -0.4 is 5.32 Å². The molecule has 0 saturated heterocycles. The number of nitrogens with zero attached hydrogens (tertiary/aromatic N) is 1. The highest BCUT2D eigenvalue weighted by molar-refractivity contribution is 7.98. The lowest BCUT2D eigenvalue weighted by Gasteiger charge is -2.08. The highest BCUT2D eigenvalue weighted by Crippen LogP contribution is 2.23. The minimum atomic E-state index is 0.467. The highest BCUT2D eigenvalue weighted by Gasteiger charge is 2.05. The highest BCUT2D eigenvalue weighted by atomic mass is 32.2. The fourth-order valence-corrected chi connectivity index (χ4v) is 2.60. The first kappa shape index (κ1) is 16.1. The third kappa shape index (κ3) is 5.53. The summed E-state index contributed by atoms with van der Waals surface area (Å²) >= 11 is 1.75. The molecule has 0 fully saturated rings. The van der Waals surface area contributed by atoms with E-state index < -0.39 is 0 Å². The molecule has 1 N–H and O–H groups in total. The predicted molar refractivity (Wildman–Crippen MR) is 85.2 cm³/mol. The van der Waals surface area contributed by atoms with Crippen molar-refractivity contribution >= 4 is 11.8 Å². The van der Waals surface area contributed by atoms with Gasteiger partial charge in [-0.3, -0.25) is 0 Å². The smallest absolute Gasteiger partial charge is 0.162 e. The molecule has 1 aromatic carbocycles. The number of rotatable bonds is 8. The van der Waals surface area contributed by atoms with Gasteiger partial charge in [-0.25, -0.2) is 0 Å². The summed E-state index contributed by atoms with van der Waals surface area (Å²) in [7, 11) is 1.65. The van der Waals surface area contributed by atoms with Gasteiger partial charge in [-0.15, -0.1) is 11.8 Å². The molecular formula is C16H22N2O2S. The summed E-state index contributed by atoms with van der Waals surface area (Å²) in [6, 6.07) is 11.1. The SMILES string of the molecule is COCc1cc(CSc2ccc(CNC(C)C)cc2)no1. The third-order valence-corrected chi connectivity index (χ3v) is 3.96. The van der Waals surface area contributed by atoms with Crippen molar-refractivity contribution in [3.05, 3.63) is 47.3 Å². The average Bonchev–Trinajstić information content (AvgIpc) is 2.92. The number of hydrogen-bond donors (Lipinski definition) is 1. The Morgan fingerprint density at radius 3 is 2.71 bits per heavy atom. The Morgan fingerprint density at radius 2 is 2.05 bits per heavy atom. The van der Waals surface area contributed by atoms with Gasteiger partial charge in [0.2, 0.25) is 0 Å². The Bertz CT molecular complexity index is 537. The summed E-state index contributed by atoms with van der Waals surface area (Å²) in [5.41, 5.74) is 2.24. The van der Waals surface area contributed by atoms with Crippen LogP contribution in [0, 0.1) is 0 Å².